The number of carbonyl (C=O) groups is 2. The second-order valence-electron chi connectivity index (χ2n) is 4.31. The fourth-order valence-electron chi connectivity index (χ4n) is 1.70. The molecule has 110 valence electrons. The molecule has 1 atom stereocenters. The monoisotopic (exact) mass is 289 g/mol. The average Bonchev–Trinajstić information content (AvgIpc) is 2.99. The molecule has 0 aliphatic carbocycles. The Morgan fingerprint density at radius 1 is 1.29 bits per heavy atom. The van der Waals surface area contributed by atoms with E-state index in [1.54, 1.807) is 30.3 Å². The van der Waals surface area contributed by atoms with E-state index in [4.69, 9.17) is 10.2 Å². The molecular weight excluding hydrogens is 274 g/mol. The lowest BCUT2D eigenvalue weighted by atomic mass is 10.2. The van der Waals surface area contributed by atoms with Gasteiger partial charge in [-0.25, -0.2) is 4.79 Å². The van der Waals surface area contributed by atoms with Crippen molar-refractivity contribution in [2.45, 2.75) is 6.10 Å². The van der Waals surface area contributed by atoms with Crippen molar-refractivity contribution in [3.8, 4) is 0 Å². The standard InChI is InChI=1S/C14H15N3O4/c15-13(19)9-3-1-4-10(7-9)17-14(20)16-8-11(18)12-5-2-6-21-12/h1-7,11,18H,8H2,(H2,15,19)(H2,16,17,20). The summed E-state index contributed by atoms with van der Waals surface area (Å²) in [7, 11) is 0. The summed E-state index contributed by atoms with van der Waals surface area (Å²) in [6, 6.07) is 8.98. The molecule has 0 fully saturated rings. The highest BCUT2D eigenvalue weighted by atomic mass is 16.4. The smallest absolute Gasteiger partial charge is 0.319 e. The second kappa shape index (κ2) is 6.58. The first-order valence-corrected chi connectivity index (χ1v) is 6.22. The Morgan fingerprint density at radius 2 is 2.10 bits per heavy atom. The van der Waals surface area contributed by atoms with Crippen molar-refractivity contribution >= 4 is 17.6 Å². The SMILES string of the molecule is NC(=O)c1cccc(NC(=O)NCC(O)c2ccco2)c1. The van der Waals surface area contributed by atoms with Crippen molar-refractivity contribution in [1.29, 1.82) is 0 Å². The zero-order valence-corrected chi connectivity index (χ0v) is 11.1. The predicted octanol–water partition coefficient (Wildman–Crippen LogP) is 1.23. The Bertz CT molecular complexity index is 625. The first-order chi connectivity index (χ1) is 10.1. The molecule has 5 N–H and O–H groups in total. The van der Waals surface area contributed by atoms with Crippen molar-refractivity contribution in [2.24, 2.45) is 5.73 Å². The molecular formula is C14H15N3O4. The maximum atomic E-state index is 11.7. The molecule has 21 heavy (non-hydrogen) atoms. The Morgan fingerprint density at radius 3 is 2.76 bits per heavy atom. The maximum absolute atomic E-state index is 11.7. The largest absolute Gasteiger partial charge is 0.467 e. The maximum Gasteiger partial charge on any atom is 0.319 e. The minimum Gasteiger partial charge on any atom is -0.467 e. The molecule has 1 unspecified atom stereocenters. The molecule has 7 heteroatoms. The van der Waals surface area contributed by atoms with Gasteiger partial charge in [0.2, 0.25) is 5.91 Å². The molecule has 0 aliphatic heterocycles. The van der Waals surface area contributed by atoms with Crippen LogP contribution in [0.2, 0.25) is 0 Å². The van der Waals surface area contributed by atoms with E-state index in [0.717, 1.165) is 0 Å². The van der Waals surface area contributed by atoms with Gasteiger partial charge in [0.1, 0.15) is 11.9 Å². The number of anilines is 1. The summed E-state index contributed by atoms with van der Waals surface area (Å²) in [5.41, 5.74) is 5.88. The molecule has 0 saturated heterocycles. The molecule has 1 aromatic carbocycles. The van der Waals surface area contributed by atoms with Crippen LogP contribution in [0.15, 0.2) is 47.1 Å². The number of amides is 3. The van der Waals surface area contributed by atoms with Gasteiger partial charge in [-0.05, 0) is 30.3 Å². The Kier molecular flexibility index (Phi) is 4.57. The summed E-state index contributed by atoms with van der Waals surface area (Å²) in [6.45, 7) is -0.00510. The van der Waals surface area contributed by atoms with Gasteiger partial charge in [0.05, 0.1) is 12.8 Å². The van der Waals surface area contributed by atoms with Gasteiger partial charge in [0, 0.05) is 11.3 Å². The topological polar surface area (TPSA) is 118 Å². The molecule has 0 aliphatic rings. The Balaban J connectivity index is 1.87. The van der Waals surface area contributed by atoms with E-state index in [9.17, 15) is 14.7 Å². The first kappa shape index (κ1) is 14.6. The number of aliphatic hydroxyl groups excluding tert-OH is 1. The second-order valence-corrected chi connectivity index (χ2v) is 4.31. The molecule has 0 saturated carbocycles. The molecule has 0 radical (unpaired) electrons. The summed E-state index contributed by atoms with van der Waals surface area (Å²) in [5, 5.41) is 14.8. The number of furan rings is 1. The molecule has 7 nitrogen and oxygen atoms in total. The van der Waals surface area contributed by atoms with E-state index in [0.29, 0.717) is 17.0 Å². The molecule has 1 aromatic heterocycles. The van der Waals surface area contributed by atoms with Gasteiger partial charge in [0.15, 0.2) is 0 Å². The van der Waals surface area contributed by atoms with Gasteiger partial charge in [-0.1, -0.05) is 6.07 Å². The quantitative estimate of drug-likeness (QED) is 0.662. The number of benzene rings is 1. The number of carbonyl (C=O) groups excluding carboxylic acids is 2. The van der Waals surface area contributed by atoms with Crippen LogP contribution in [0.1, 0.15) is 22.2 Å². The summed E-state index contributed by atoms with van der Waals surface area (Å²) < 4.78 is 5.01. The van der Waals surface area contributed by atoms with Crippen LogP contribution in [0.5, 0.6) is 0 Å². The number of hydrogen-bond acceptors (Lipinski definition) is 4. The van der Waals surface area contributed by atoms with Crippen molar-refractivity contribution < 1.29 is 19.1 Å². The Hall–Kier alpha value is -2.80. The van der Waals surface area contributed by atoms with Crippen LogP contribution in [-0.2, 0) is 0 Å². The lowest BCUT2D eigenvalue weighted by molar-refractivity contribution is 0.1000. The number of nitrogens with two attached hydrogens (primary N) is 1. The first-order valence-electron chi connectivity index (χ1n) is 6.22. The molecule has 3 amide bonds. The zero-order chi connectivity index (χ0) is 15.2. The van der Waals surface area contributed by atoms with E-state index >= 15 is 0 Å². The van der Waals surface area contributed by atoms with Crippen molar-refractivity contribution in [1.82, 2.24) is 5.32 Å². The highest BCUT2D eigenvalue weighted by Crippen LogP contribution is 2.12. The number of urea groups is 1. The van der Waals surface area contributed by atoms with E-state index in [-0.39, 0.29) is 6.54 Å². The van der Waals surface area contributed by atoms with Gasteiger partial charge in [-0.15, -0.1) is 0 Å². The highest BCUT2D eigenvalue weighted by molar-refractivity contribution is 5.95. The third-order valence-electron chi connectivity index (χ3n) is 2.73. The highest BCUT2D eigenvalue weighted by Gasteiger charge is 2.12. The third-order valence-corrected chi connectivity index (χ3v) is 2.73. The molecule has 2 aromatic rings. The van der Waals surface area contributed by atoms with Gasteiger partial charge in [-0.3, -0.25) is 4.79 Å². The van der Waals surface area contributed by atoms with E-state index in [2.05, 4.69) is 10.6 Å². The minimum absolute atomic E-state index is 0.00510. The van der Waals surface area contributed by atoms with Crippen LogP contribution in [0.25, 0.3) is 0 Å². The molecule has 0 spiro atoms. The normalized spacial score (nSPS) is 11.7. The van der Waals surface area contributed by atoms with E-state index in [1.165, 1.54) is 12.3 Å². The lowest BCUT2D eigenvalue weighted by Crippen LogP contribution is -2.32. The summed E-state index contributed by atoms with van der Waals surface area (Å²) in [4.78, 5) is 22.7. The zero-order valence-electron chi connectivity index (χ0n) is 11.1. The fraction of sp³-hybridized carbons (Fsp3) is 0.143. The summed E-state index contributed by atoms with van der Waals surface area (Å²) >= 11 is 0. The van der Waals surface area contributed by atoms with Gasteiger partial charge >= 0.3 is 6.03 Å². The average molecular weight is 289 g/mol. The summed E-state index contributed by atoms with van der Waals surface area (Å²) in [5.74, 6) is -0.210. The van der Waals surface area contributed by atoms with E-state index < -0.39 is 18.0 Å². The summed E-state index contributed by atoms with van der Waals surface area (Å²) in [6.07, 6.45) is 0.510. The molecule has 2 rings (SSSR count). The van der Waals surface area contributed by atoms with Gasteiger partial charge in [-0.2, -0.15) is 0 Å². The number of primary amides is 1. The third kappa shape index (κ3) is 4.08. The van der Waals surface area contributed by atoms with Crippen LogP contribution in [-0.4, -0.2) is 23.6 Å². The van der Waals surface area contributed by atoms with Gasteiger partial charge in [0.25, 0.3) is 0 Å². The van der Waals surface area contributed by atoms with Crippen LogP contribution < -0.4 is 16.4 Å². The van der Waals surface area contributed by atoms with Crippen molar-refractivity contribution in [3.05, 3.63) is 54.0 Å². The van der Waals surface area contributed by atoms with Crippen molar-refractivity contribution in [3.63, 3.8) is 0 Å². The van der Waals surface area contributed by atoms with Crippen LogP contribution in [0.4, 0.5) is 10.5 Å². The molecule has 0 bridgehead atoms. The van der Waals surface area contributed by atoms with E-state index in [1.807, 2.05) is 0 Å². The fourth-order valence-corrected chi connectivity index (χ4v) is 1.70. The number of hydrogen-bond donors (Lipinski definition) is 4. The lowest BCUT2D eigenvalue weighted by Gasteiger charge is -2.11. The van der Waals surface area contributed by atoms with Crippen LogP contribution in [0.3, 0.4) is 0 Å². The molecule has 1 heterocycles. The number of nitrogens with one attached hydrogen (secondary N) is 2. The minimum atomic E-state index is -0.928. The Labute approximate surface area is 120 Å². The van der Waals surface area contributed by atoms with Crippen LogP contribution >= 0.6 is 0 Å². The van der Waals surface area contributed by atoms with Crippen LogP contribution in [0, 0.1) is 0 Å². The van der Waals surface area contributed by atoms with Gasteiger partial charge < -0.3 is 25.9 Å². The predicted molar refractivity (Wildman–Crippen MR) is 75.6 cm³/mol. The van der Waals surface area contributed by atoms with Crippen molar-refractivity contribution in [2.75, 3.05) is 11.9 Å². The number of rotatable bonds is 5. The number of aliphatic hydroxyl groups is 1.